The molecule has 0 radical (unpaired) electrons. The van der Waals surface area contributed by atoms with Gasteiger partial charge in [0, 0.05) is 20.0 Å². The molecule has 0 aromatic heterocycles. The second kappa shape index (κ2) is 7.74. The molecule has 0 heterocycles. The van der Waals surface area contributed by atoms with Gasteiger partial charge in [-0.1, -0.05) is 13.3 Å². The van der Waals surface area contributed by atoms with Crippen LogP contribution in [-0.2, 0) is 4.79 Å². The van der Waals surface area contributed by atoms with Crippen LogP contribution in [0, 0.1) is 11.8 Å². The molecule has 1 saturated carbocycles. The molecule has 1 rings (SSSR count). The molecule has 1 unspecified atom stereocenters. The summed E-state index contributed by atoms with van der Waals surface area (Å²) in [4.78, 5) is 13.8. The third-order valence-electron chi connectivity index (χ3n) is 4.09. The van der Waals surface area contributed by atoms with E-state index in [4.69, 9.17) is 5.73 Å². The highest BCUT2D eigenvalue weighted by molar-refractivity contribution is 5.75. The summed E-state index contributed by atoms with van der Waals surface area (Å²) in [6.45, 7) is 3.66. The highest BCUT2D eigenvalue weighted by Crippen LogP contribution is 2.27. The molecule has 1 fully saturated rings. The maximum Gasteiger partial charge on any atom is 0.222 e. The van der Waals surface area contributed by atoms with E-state index >= 15 is 0 Å². The fraction of sp³-hybridized carbons (Fsp3) is 0.929. The number of aliphatic hydroxyl groups excluding tert-OH is 1. The Morgan fingerprint density at radius 3 is 2.61 bits per heavy atom. The van der Waals surface area contributed by atoms with Crippen LogP contribution in [0.4, 0.5) is 0 Å². The van der Waals surface area contributed by atoms with Gasteiger partial charge in [0.25, 0.3) is 0 Å². The molecule has 3 N–H and O–H groups in total. The summed E-state index contributed by atoms with van der Waals surface area (Å²) in [5.41, 5.74) is 5.56. The summed E-state index contributed by atoms with van der Waals surface area (Å²) in [5.74, 6) is 1.31. The molecule has 106 valence electrons. The van der Waals surface area contributed by atoms with Crippen molar-refractivity contribution in [2.75, 3.05) is 20.1 Å². The van der Waals surface area contributed by atoms with Crippen molar-refractivity contribution < 1.29 is 9.90 Å². The lowest BCUT2D eigenvalue weighted by molar-refractivity contribution is -0.131. The smallest absolute Gasteiger partial charge is 0.222 e. The minimum Gasteiger partial charge on any atom is -0.393 e. The largest absolute Gasteiger partial charge is 0.393 e. The molecule has 4 nitrogen and oxygen atoms in total. The van der Waals surface area contributed by atoms with Crippen molar-refractivity contribution >= 4 is 5.91 Å². The van der Waals surface area contributed by atoms with Gasteiger partial charge < -0.3 is 15.7 Å². The normalized spacial score (nSPS) is 24.4. The van der Waals surface area contributed by atoms with Crippen molar-refractivity contribution in [2.45, 2.75) is 51.6 Å². The average Bonchev–Trinajstić information content (AvgIpc) is 2.31. The number of hydrogen-bond acceptors (Lipinski definition) is 3. The third-order valence-corrected chi connectivity index (χ3v) is 4.09. The molecule has 1 amide bonds. The topological polar surface area (TPSA) is 66.6 Å². The van der Waals surface area contributed by atoms with Gasteiger partial charge in [0.1, 0.15) is 0 Å². The number of carbonyl (C=O) groups excluding carboxylic acids is 1. The SMILES string of the molecule is CCC(CCN)CCC(=O)N(C)CC1CC(O)C1. The molecular formula is C14H28N2O2. The Balaban J connectivity index is 2.18. The molecule has 0 aromatic carbocycles. The molecule has 4 heteroatoms. The van der Waals surface area contributed by atoms with Crippen molar-refractivity contribution in [2.24, 2.45) is 17.6 Å². The molecule has 0 aliphatic heterocycles. The first-order valence-electron chi connectivity index (χ1n) is 7.18. The summed E-state index contributed by atoms with van der Waals surface area (Å²) in [5, 5.41) is 9.22. The van der Waals surface area contributed by atoms with Crippen LogP contribution < -0.4 is 5.73 Å². The van der Waals surface area contributed by atoms with E-state index in [1.807, 2.05) is 11.9 Å². The zero-order valence-corrected chi connectivity index (χ0v) is 11.8. The lowest BCUT2D eigenvalue weighted by Crippen LogP contribution is -2.39. The van der Waals surface area contributed by atoms with Gasteiger partial charge in [-0.25, -0.2) is 0 Å². The van der Waals surface area contributed by atoms with Gasteiger partial charge in [0.2, 0.25) is 5.91 Å². The van der Waals surface area contributed by atoms with E-state index in [0.717, 1.165) is 38.6 Å². The van der Waals surface area contributed by atoms with E-state index in [1.54, 1.807) is 0 Å². The number of carbonyl (C=O) groups is 1. The van der Waals surface area contributed by atoms with Crippen LogP contribution in [0.1, 0.15) is 45.4 Å². The monoisotopic (exact) mass is 256 g/mol. The Hall–Kier alpha value is -0.610. The van der Waals surface area contributed by atoms with Crippen molar-refractivity contribution in [3.63, 3.8) is 0 Å². The Kier molecular flexibility index (Phi) is 6.65. The van der Waals surface area contributed by atoms with Crippen LogP contribution in [0.25, 0.3) is 0 Å². The minimum absolute atomic E-state index is 0.132. The Morgan fingerprint density at radius 1 is 1.44 bits per heavy atom. The highest BCUT2D eigenvalue weighted by atomic mass is 16.3. The summed E-state index contributed by atoms with van der Waals surface area (Å²) in [6, 6.07) is 0. The fourth-order valence-electron chi connectivity index (χ4n) is 2.65. The number of nitrogens with two attached hydrogens (primary N) is 1. The second-order valence-corrected chi connectivity index (χ2v) is 5.66. The van der Waals surface area contributed by atoms with Crippen LogP contribution in [0.2, 0.25) is 0 Å². The second-order valence-electron chi connectivity index (χ2n) is 5.66. The van der Waals surface area contributed by atoms with Gasteiger partial charge >= 0.3 is 0 Å². The first-order valence-corrected chi connectivity index (χ1v) is 7.18. The van der Waals surface area contributed by atoms with E-state index in [2.05, 4.69) is 6.92 Å². The van der Waals surface area contributed by atoms with Crippen molar-refractivity contribution in [1.29, 1.82) is 0 Å². The number of aliphatic hydroxyl groups is 1. The van der Waals surface area contributed by atoms with E-state index in [9.17, 15) is 9.90 Å². The van der Waals surface area contributed by atoms with E-state index < -0.39 is 0 Å². The number of hydrogen-bond donors (Lipinski definition) is 2. The Morgan fingerprint density at radius 2 is 2.11 bits per heavy atom. The Labute approximate surface area is 111 Å². The quantitative estimate of drug-likeness (QED) is 0.689. The average molecular weight is 256 g/mol. The molecule has 0 bridgehead atoms. The standard InChI is InChI=1S/C14H28N2O2/c1-3-11(6-7-15)4-5-14(18)16(2)10-12-8-13(17)9-12/h11-13,17H,3-10,15H2,1-2H3. The van der Waals surface area contributed by atoms with Gasteiger partial charge in [-0.2, -0.15) is 0 Å². The van der Waals surface area contributed by atoms with Crippen LogP contribution >= 0.6 is 0 Å². The Bertz CT molecular complexity index is 252. The third kappa shape index (κ3) is 4.94. The zero-order chi connectivity index (χ0) is 13.5. The highest BCUT2D eigenvalue weighted by Gasteiger charge is 2.28. The first kappa shape index (κ1) is 15.4. The fourth-order valence-corrected chi connectivity index (χ4v) is 2.65. The van der Waals surface area contributed by atoms with Crippen molar-refractivity contribution in [1.82, 2.24) is 4.90 Å². The van der Waals surface area contributed by atoms with Gasteiger partial charge in [0.05, 0.1) is 6.10 Å². The predicted molar refractivity (Wildman–Crippen MR) is 73.1 cm³/mol. The lowest BCUT2D eigenvalue weighted by Gasteiger charge is -2.34. The first-order chi connectivity index (χ1) is 8.56. The molecular weight excluding hydrogens is 228 g/mol. The van der Waals surface area contributed by atoms with Gasteiger partial charge in [-0.05, 0) is 44.1 Å². The minimum atomic E-state index is -0.132. The predicted octanol–water partition coefficient (Wildman–Crippen LogP) is 1.37. The molecule has 18 heavy (non-hydrogen) atoms. The van der Waals surface area contributed by atoms with Crippen LogP contribution in [0.5, 0.6) is 0 Å². The summed E-state index contributed by atoms with van der Waals surface area (Å²) < 4.78 is 0. The number of rotatable bonds is 8. The summed E-state index contributed by atoms with van der Waals surface area (Å²) in [7, 11) is 1.87. The number of nitrogens with zero attached hydrogens (tertiary/aromatic N) is 1. The van der Waals surface area contributed by atoms with Gasteiger partial charge in [-0.15, -0.1) is 0 Å². The van der Waals surface area contributed by atoms with Gasteiger partial charge in [-0.3, -0.25) is 4.79 Å². The number of amides is 1. The van der Waals surface area contributed by atoms with E-state index in [-0.39, 0.29) is 12.0 Å². The van der Waals surface area contributed by atoms with E-state index in [1.165, 1.54) is 0 Å². The maximum atomic E-state index is 12.0. The van der Waals surface area contributed by atoms with Gasteiger partial charge in [0.15, 0.2) is 0 Å². The van der Waals surface area contributed by atoms with Crippen LogP contribution in [0.15, 0.2) is 0 Å². The van der Waals surface area contributed by atoms with Crippen molar-refractivity contribution in [3.05, 3.63) is 0 Å². The maximum absolute atomic E-state index is 12.0. The molecule has 1 atom stereocenters. The summed E-state index contributed by atoms with van der Waals surface area (Å²) in [6.07, 6.45) is 5.26. The molecule has 0 saturated heterocycles. The lowest BCUT2D eigenvalue weighted by atomic mass is 9.82. The molecule has 0 spiro atoms. The molecule has 1 aliphatic carbocycles. The van der Waals surface area contributed by atoms with Crippen LogP contribution in [0.3, 0.4) is 0 Å². The molecule has 0 aromatic rings. The zero-order valence-electron chi connectivity index (χ0n) is 11.8. The van der Waals surface area contributed by atoms with Crippen molar-refractivity contribution in [3.8, 4) is 0 Å². The summed E-state index contributed by atoms with van der Waals surface area (Å²) >= 11 is 0. The molecule has 1 aliphatic rings. The van der Waals surface area contributed by atoms with E-state index in [0.29, 0.717) is 24.8 Å². The van der Waals surface area contributed by atoms with Crippen LogP contribution in [-0.4, -0.2) is 42.2 Å².